The second-order valence-corrected chi connectivity index (χ2v) is 6.36. The highest BCUT2D eigenvalue weighted by Crippen LogP contribution is 2.27. The van der Waals surface area contributed by atoms with E-state index in [1.807, 2.05) is 17.4 Å². The Labute approximate surface area is 145 Å². The summed E-state index contributed by atoms with van der Waals surface area (Å²) < 4.78 is 7.24. The summed E-state index contributed by atoms with van der Waals surface area (Å²) in [4.78, 5) is 9.32. The number of nitrogens with zero attached hydrogens (tertiary/aromatic N) is 5. The van der Waals surface area contributed by atoms with Gasteiger partial charge < -0.3 is 4.74 Å². The zero-order chi connectivity index (χ0) is 17.6. The summed E-state index contributed by atoms with van der Waals surface area (Å²) in [6.07, 6.45) is 0. The van der Waals surface area contributed by atoms with Crippen LogP contribution in [0.5, 0.6) is 5.88 Å². The number of rotatable bonds is 3. The molecule has 0 unspecified atom stereocenters. The Kier molecular flexibility index (Phi) is 3.60. The molecular weight excluding hydrogens is 314 g/mol. The summed E-state index contributed by atoms with van der Waals surface area (Å²) in [5, 5.41) is 8.61. The highest BCUT2D eigenvalue weighted by Gasteiger charge is 2.16. The van der Waals surface area contributed by atoms with Crippen molar-refractivity contribution in [3.8, 4) is 17.3 Å². The lowest BCUT2D eigenvalue weighted by Crippen LogP contribution is -2.01. The Bertz CT molecular complexity index is 1080. The van der Waals surface area contributed by atoms with Gasteiger partial charge in [-0.1, -0.05) is 32.0 Å². The quantitative estimate of drug-likeness (QED) is 0.571. The summed E-state index contributed by atoms with van der Waals surface area (Å²) in [6.45, 7) is 6.30. The van der Waals surface area contributed by atoms with Crippen molar-refractivity contribution in [3.63, 3.8) is 0 Å². The van der Waals surface area contributed by atoms with Crippen LogP contribution in [0.2, 0.25) is 0 Å². The van der Waals surface area contributed by atoms with Crippen LogP contribution in [0.25, 0.3) is 28.2 Å². The molecule has 0 bridgehead atoms. The molecule has 126 valence electrons. The first-order valence-electron chi connectivity index (χ1n) is 8.25. The van der Waals surface area contributed by atoms with E-state index in [-0.39, 0.29) is 0 Å². The molecule has 4 aromatic rings. The number of hydrogen-bond donors (Lipinski definition) is 0. The average Bonchev–Trinajstić information content (AvgIpc) is 2.98. The summed E-state index contributed by atoms with van der Waals surface area (Å²) >= 11 is 0. The lowest BCUT2D eigenvalue weighted by molar-refractivity contribution is 0.399. The molecule has 25 heavy (non-hydrogen) atoms. The predicted octanol–water partition coefficient (Wildman–Crippen LogP) is 3.78. The molecule has 0 N–H and O–H groups in total. The van der Waals surface area contributed by atoms with Gasteiger partial charge in [0.1, 0.15) is 11.3 Å². The molecule has 0 radical (unpaired) electrons. The number of fused-ring (bicyclic) bond motifs is 3. The Morgan fingerprint density at radius 3 is 2.60 bits per heavy atom. The third kappa shape index (κ3) is 2.50. The summed E-state index contributed by atoms with van der Waals surface area (Å²) in [7, 11) is 1.60. The Morgan fingerprint density at radius 1 is 1.00 bits per heavy atom. The molecule has 0 aliphatic heterocycles. The van der Waals surface area contributed by atoms with Crippen LogP contribution in [0.1, 0.15) is 31.0 Å². The molecule has 6 heteroatoms. The average molecular weight is 333 g/mol. The Balaban J connectivity index is 2.07. The van der Waals surface area contributed by atoms with Crippen LogP contribution in [0.15, 0.2) is 36.4 Å². The third-order valence-electron chi connectivity index (χ3n) is 4.33. The van der Waals surface area contributed by atoms with E-state index in [4.69, 9.17) is 9.72 Å². The standard InChI is InChI=1S/C19H19N5O/c1-11(2)13-6-5-7-14(10-13)18-20-12(3)17-23-22-15-8-9-16(25-4)21-19(15)24(17)18/h5-11H,1-4H3. The van der Waals surface area contributed by atoms with E-state index >= 15 is 0 Å². The van der Waals surface area contributed by atoms with Gasteiger partial charge in [-0.25, -0.2) is 4.98 Å². The van der Waals surface area contributed by atoms with Gasteiger partial charge >= 0.3 is 0 Å². The second kappa shape index (κ2) is 5.81. The van der Waals surface area contributed by atoms with E-state index in [0.717, 1.165) is 17.1 Å². The molecule has 0 amide bonds. The van der Waals surface area contributed by atoms with Crippen LogP contribution >= 0.6 is 0 Å². The third-order valence-corrected chi connectivity index (χ3v) is 4.33. The smallest absolute Gasteiger partial charge is 0.215 e. The fraction of sp³-hybridized carbons (Fsp3) is 0.263. The maximum atomic E-state index is 5.28. The first kappa shape index (κ1) is 15.5. The number of pyridine rings is 1. The first-order valence-corrected chi connectivity index (χ1v) is 8.25. The minimum Gasteiger partial charge on any atom is -0.481 e. The molecule has 4 rings (SSSR count). The van der Waals surface area contributed by atoms with Crippen LogP contribution in [0.4, 0.5) is 0 Å². The van der Waals surface area contributed by atoms with Gasteiger partial charge in [-0.2, -0.15) is 4.98 Å². The zero-order valence-electron chi connectivity index (χ0n) is 14.7. The first-order chi connectivity index (χ1) is 12.1. The molecule has 0 aliphatic carbocycles. The molecule has 1 aromatic carbocycles. The normalized spacial score (nSPS) is 11.6. The predicted molar refractivity (Wildman–Crippen MR) is 96.9 cm³/mol. The van der Waals surface area contributed by atoms with Gasteiger partial charge in [0.25, 0.3) is 0 Å². The fourth-order valence-corrected chi connectivity index (χ4v) is 2.95. The van der Waals surface area contributed by atoms with Crippen molar-refractivity contribution in [2.24, 2.45) is 0 Å². The van der Waals surface area contributed by atoms with Crippen molar-refractivity contribution >= 4 is 16.8 Å². The van der Waals surface area contributed by atoms with Gasteiger partial charge in [-0.3, -0.25) is 4.40 Å². The molecule has 3 heterocycles. The topological polar surface area (TPSA) is 65.2 Å². The Hall–Kier alpha value is -3.02. The van der Waals surface area contributed by atoms with Crippen LogP contribution in [-0.2, 0) is 0 Å². The molecule has 0 aliphatic rings. The van der Waals surface area contributed by atoms with Crippen molar-refractivity contribution in [1.29, 1.82) is 0 Å². The van der Waals surface area contributed by atoms with Crippen molar-refractivity contribution in [3.05, 3.63) is 47.7 Å². The van der Waals surface area contributed by atoms with Crippen LogP contribution in [0, 0.1) is 6.92 Å². The maximum absolute atomic E-state index is 5.28. The van der Waals surface area contributed by atoms with E-state index < -0.39 is 0 Å². The monoisotopic (exact) mass is 333 g/mol. The van der Waals surface area contributed by atoms with Crippen LogP contribution in [-0.4, -0.2) is 31.7 Å². The highest BCUT2D eigenvalue weighted by atomic mass is 16.5. The second-order valence-electron chi connectivity index (χ2n) is 6.36. The van der Waals surface area contributed by atoms with Crippen molar-refractivity contribution in [2.75, 3.05) is 7.11 Å². The van der Waals surface area contributed by atoms with Gasteiger partial charge in [-0.15, -0.1) is 10.2 Å². The van der Waals surface area contributed by atoms with Gasteiger partial charge in [0.05, 0.1) is 12.8 Å². The molecule has 0 spiro atoms. The van der Waals surface area contributed by atoms with Gasteiger partial charge in [0.2, 0.25) is 5.88 Å². The number of methoxy groups -OCH3 is 1. The molecule has 0 atom stereocenters. The summed E-state index contributed by atoms with van der Waals surface area (Å²) in [6, 6.07) is 12.1. The summed E-state index contributed by atoms with van der Waals surface area (Å²) in [5.74, 6) is 1.80. The van der Waals surface area contributed by atoms with Crippen LogP contribution in [0.3, 0.4) is 0 Å². The van der Waals surface area contributed by atoms with Crippen LogP contribution < -0.4 is 4.74 Å². The van der Waals surface area contributed by atoms with E-state index in [1.54, 1.807) is 13.2 Å². The molecule has 0 saturated carbocycles. The largest absolute Gasteiger partial charge is 0.481 e. The number of hydrogen-bond acceptors (Lipinski definition) is 5. The maximum Gasteiger partial charge on any atom is 0.215 e. The van der Waals surface area contributed by atoms with E-state index in [0.29, 0.717) is 28.6 Å². The lowest BCUT2D eigenvalue weighted by Gasteiger charge is -2.09. The SMILES string of the molecule is COc1ccc2nnc3c(C)nc(-c4cccc(C(C)C)c4)n3c2n1. The summed E-state index contributed by atoms with van der Waals surface area (Å²) in [5.41, 5.74) is 5.22. The van der Waals surface area contributed by atoms with E-state index in [2.05, 4.69) is 53.3 Å². The molecule has 3 aromatic heterocycles. The number of ether oxygens (including phenoxy) is 1. The number of benzene rings is 1. The van der Waals surface area contributed by atoms with Gasteiger partial charge in [0, 0.05) is 11.6 Å². The highest BCUT2D eigenvalue weighted by molar-refractivity contribution is 5.77. The molecule has 0 saturated heterocycles. The van der Waals surface area contributed by atoms with E-state index in [9.17, 15) is 0 Å². The Morgan fingerprint density at radius 2 is 1.84 bits per heavy atom. The van der Waals surface area contributed by atoms with E-state index in [1.165, 1.54) is 5.56 Å². The number of aryl methyl sites for hydroxylation is 1. The van der Waals surface area contributed by atoms with Crippen molar-refractivity contribution < 1.29 is 4.74 Å². The zero-order valence-corrected chi connectivity index (χ0v) is 14.7. The minimum atomic E-state index is 0.446. The fourth-order valence-electron chi connectivity index (χ4n) is 2.95. The van der Waals surface area contributed by atoms with Crippen molar-refractivity contribution in [1.82, 2.24) is 24.6 Å². The number of aromatic nitrogens is 5. The van der Waals surface area contributed by atoms with Gasteiger partial charge in [0.15, 0.2) is 11.3 Å². The molecule has 6 nitrogen and oxygen atoms in total. The number of imidazole rings is 1. The van der Waals surface area contributed by atoms with Crippen molar-refractivity contribution in [2.45, 2.75) is 26.7 Å². The molecular formula is C19H19N5O. The minimum absolute atomic E-state index is 0.446. The van der Waals surface area contributed by atoms with Gasteiger partial charge in [-0.05, 0) is 30.5 Å². The lowest BCUT2D eigenvalue weighted by atomic mass is 10.0. The molecule has 0 fully saturated rings.